The van der Waals surface area contributed by atoms with Crippen molar-refractivity contribution in [2.75, 3.05) is 0 Å². The molecule has 0 spiro atoms. The highest BCUT2D eigenvalue weighted by atomic mass is 32.1. The quantitative estimate of drug-likeness (QED) is 0.544. The number of aromatic nitrogens is 5. The lowest BCUT2D eigenvalue weighted by Crippen LogP contribution is -2.30. The van der Waals surface area contributed by atoms with E-state index in [9.17, 15) is 4.79 Å². The smallest absolute Gasteiger partial charge is 0.254 e. The number of carbonyl (C=O) groups excluding carboxylic acids is 1. The molecule has 4 heterocycles. The lowest BCUT2D eigenvalue weighted by atomic mass is 10.2. The van der Waals surface area contributed by atoms with Crippen molar-refractivity contribution in [2.24, 2.45) is 0 Å². The van der Waals surface area contributed by atoms with Crippen molar-refractivity contribution in [1.29, 1.82) is 0 Å². The lowest BCUT2D eigenvalue weighted by Gasteiger charge is -2.22. The van der Waals surface area contributed by atoms with Crippen LogP contribution < -0.4 is 0 Å². The number of fused-ring (bicyclic) bond motifs is 1. The number of nitrogens with zero attached hydrogens (tertiary/aromatic N) is 6. The van der Waals surface area contributed by atoms with Gasteiger partial charge in [0.15, 0.2) is 5.65 Å². The minimum atomic E-state index is -0.0767. The molecule has 4 rings (SSSR count). The lowest BCUT2D eigenvalue weighted by molar-refractivity contribution is 0.0729. The summed E-state index contributed by atoms with van der Waals surface area (Å²) < 4.78 is 1.53. The first kappa shape index (κ1) is 16.3. The molecule has 0 unspecified atom stereocenters. The molecule has 8 heteroatoms. The SMILES string of the molecule is Cc1ccc(CN(Cc2ccccn2)C(=O)c2ccn3nnnc3c2)s1. The van der Waals surface area contributed by atoms with E-state index in [2.05, 4.69) is 39.6 Å². The molecular formula is C18H16N6OS. The standard InChI is InChI=1S/C18H16N6OS/c1-13-5-6-16(26-13)12-23(11-15-4-2-3-8-19-15)18(25)14-7-9-24-17(10-14)20-21-22-24/h2-10H,11-12H2,1H3. The molecule has 1 amide bonds. The molecule has 0 fully saturated rings. The summed E-state index contributed by atoms with van der Waals surface area (Å²) >= 11 is 1.69. The Labute approximate surface area is 153 Å². The molecule has 26 heavy (non-hydrogen) atoms. The fraction of sp³-hybridized carbons (Fsp3) is 0.167. The van der Waals surface area contributed by atoms with Crippen LogP contribution in [0, 0.1) is 6.92 Å². The van der Waals surface area contributed by atoms with E-state index in [0.717, 1.165) is 10.6 Å². The van der Waals surface area contributed by atoms with Crippen molar-refractivity contribution < 1.29 is 4.79 Å². The Morgan fingerprint density at radius 2 is 2.12 bits per heavy atom. The molecule has 0 saturated carbocycles. The third-order valence-corrected chi connectivity index (χ3v) is 4.94. The normalized spacial score (nSPS) is 11.0. The molecule has 0 atom stereocenters. The predicted molar refractivity (Wildman–Crippen MR) is 97.7 cm³/mol. The van der Waals surface area contributed by atoms with Gasteiger partial charge >= 0.3 is 0 Å². The van der Waals surface area contributed by atoms with Gasteiger partial charge in [-0.15, -0.1) is 16.4 Å². The number of amides is 1. The summed E-state index contributed by atoms with van der Waals surface area (Å²) in [5, 5.41) is 11.4. The highest BCUT2D eigenvalue weighted by Gasteiger charge is 2.19. The van der Waals surface area contributed by atoms with Crippen LogP contribution in [0.25, 0.3) is 5.65 Å². The van der Waals surface area contributed by atoms with E-state index in [1.165, 1.54) is 9.39 Å². The van der Waals surface area contributed by atoms with Gasteiger partial charge in [-0.2, -0.15) is 0 Å². The minimum absolute atomic E-state index is 0.0767. The largest absolute Gasteiger partial charge is 0.328 e. The van der Waals surface area contributed by atoms with Crippen LogP contribution in [0.5, 0.6) is 0 Å². The Hall–Kier alpha value is -3.13. The van der Waals surface area contributed by atoms with E-state index in [1.54, 1.807) is 40.8 Å². The molecule has 4 aromatic rings. The van der Waals surface area contributed by atoms with Gasteiger partial charge in [0.2, 0.25) is 0 Å². The van der Waals surface area contributed by atoms with E-state index >= 15 is 0 Å². The minimum Gasteiger partial charge on any atom is -0.328 e. The Balaban J connectivity index is 1.64. The van der Waals surface area contributed by atoms with Crippen molar-refractivity contribution in [2.45, 2.75) is 20.0 Å². The first-order valence-electron chi connectivity index (χ1n) is 8.11. The summed E-state index contributed by atoms with van der Waals surface area (Å²) in [6, 6.07) is 13.3. The second-order valence-corrected chi connectivity index (χ2v) is 7.26. The van der Waals surface area contributed by atoms with E-state index in [0.29, 0.717) is 24.3 Å². The van der Waals surface area contributed by atoms with Crippen LogP contribution in [0.1, 0.15) is 25.8 Å². The number of thiophene rings is 1. The molecule has 0 radical (unpaired) electrons. The highest BCUT2D eigenvalue weighted by Crippen LogP contribution is 2.20. The number of carbonyl (C=O) groups is 1. The van der Waals surface area contributed by atoms with Gasteiger partial charge in [0.05, 0.1) is 18.8 Å². The molecule has 130 valence electrons. The maximum Gasteiger partial charge on any atom is 0.254 e. The van der Waals surface area contributed by atoms with Crippen molar-refractivity contribution in [3.05, 3.63) is 75.9 Å². The number of rotatable bonds is 5. The van der Waals surface area contributed by atoms with Gasteiger partial charge in [0.1, 0.15) is 0 Å². The maximum absolute atomic E-state index is 13.2. The fourth-order valence-corrected chi connectivity index (χ4v) is 3.61. The molecule has 0 N–H and O–H groups in total. The zero-order valence-corrected chi connectivity index (χ0v) is 14.9. The monoisotopic (exact) mass is 364 g/mol. The molecule has 4 aromatic heterocycles. The zero-order valence-electron chi connectivity index (χ0n) is 14.1. The maximum atomic E-state index is 13.2. The average Bonchev–Trinajstić information content (AvgIpc) is 3.29. The number of hydrogen-bond acceptors (Lipinski definition) is 6. The summed E-state index contributed by atoms with van der Waals surface area (Å²) in [5.41, 5.74) is 1.94. The van der Waals surface area contributed by atoms with E-state index in [-0.39, 0.29) is 5.91 Å². The summed E-state index contributed by atoms with van der Waals surface area (Å²) in [6.07, 6.45) is 3.43. The number of aryl methyl sites for hydroxylation is 1. The van der Waals surface area contributed by atoms with E-state index < -0.39 is 0 Å². The van der Waals surface area contributed by atoms with Crippen LogP contribution in [-0.2, 0) is 13.1 Å². The molecule has 0 aliphatic carbocycles. The van der Waals surface area contributed by atoms with Crippen molar-refractivity contribution in [3.63, 3.8) is 0 Å². The number of tetrazole rings is 1. The van der Waals surface area contributed by atoms with Crippen LogP contribution >= 0.6 is 11.3 Å². The fourth-order valence-electron chi connectivity index (χ4n) is 2.70. The van der Waals surface area contributed by atoms with Crippen molar-refractivity contribution in [3.8, 4) is 0 Å². The molecule has 0 bridgehead atoms. The van der Waals surface area contributed by atoms with Crippen LogP contribution in [0.15, 0.2) is 54.9 Å². The Kier molecular flexibility index (Phi) is 4.40. The van der Waals surface area contributed by atoms with Gasteiger partial charge in [0.25, 0.3) is 5.91 Å². The first-order chi connectivity index (χ1) is 12.7. The van der Waals surface area contributed by atoms with Gasteiger partial charge in [0, 0.05) is 27.7 Å². The zero-order chi connectivity index (χ0) is 17.9. The second-order valence-electron chi connectivity index (χ2n) is 5.89. The summed E-state index contributed by atoms with van der Waals surface area (Å²) in [7, 11) is 0. The average molecular weight is 364 g/mol. The van der Waals surface area contributed by atoms with Crippen LogP contribution in [0.2, 0.25) is 0 Å². The molecular weight excluding hydrogens is 348 g/mol. The van der Waals surface area contributed by atoms with Gasteiger partial charge < -0.3 is 4.90 Å². The van der Waals surface area contributed by atoms with Crippen molar-refractivity contribution in [1.82, 2.24) is 29.9 Å². The van der Waals surface area contributed by atoms with Crippen LogP contribution in [0.3, 0.4) is 0 Å². The topological polar surface area (TPSA) is 76.3 Å². The van der Waals surface area contributed by atoms with Gasteiger partial charge in [-0.05, 0) is 53.7 Å². The Morgan fingerprint density at radius 3 is 2.88 bits per heavy atom. The Bertz CT molecular complexity index is 1040. The van der Waals surface area contributed by atoms with Crippen molar-refractivity contribution >= 4 is 22.9 Å². The molecule has 0 saturated heterocycles. The van der Waals surface area contributed by atoms with Gasteiger partial charge in [-0.3, -0.25) is 9.78 Å². The van der Waals surface area contributed by atoms with Crippen LogP contribution in [-0.4, -0.2) is 35.8 Å². The van der Waals surface area contributed by atoms with E-state index in [1.807, 2.05) is 18.2 Å². The molecule has 0 aromatic carbocycles. The van der Waals surface area contributed by atoms with Gasteiger partial charge in [-0.25, -0.2) is 4.52 Å². The first-order valence-corrected chi connectivity index (χ1v) is 8.93. The summed E-state index contributed by atoms with van der Waals surface area (Å²) in [4.78, 5) is 21.7. The second kappa shape index (κ2) is 7.01. The number of pyridine rings is 2. The van der Waals surface area contributed by atoms with E-state index in [4.69, 9.17) is 0 Å². The molecule has 0 aliphatic heterocycles. The third kappa shape index (κ3) is 3.45. The summed E-state index contributed by atoms with van der Waals surface area (Å²) in [6.45, 7) is 3.03. The predicted octanol–water partition coefficient (Wildman–Crippen LogP) is 2.73. The van der Waals surface area contributed by atoms with Crippen LogP contribution in [0.4, 0.5) is 0 Å². The molecule has 0 aliphatic rings. The molecule has 7 nitrogen and oxygen atoms in total. The Morgan fingerprint density at radius 1 is 1.19 bits per heavy atom. The van der Waals surface area contributed by atoms with Gasteiger partial charge in [-0.1, -0.05) is 6.07 Å². The summed E-state index contributed by atoms with van der Waals surface area (Å²) in [5.74, 6) is -0.0767. The third-order valence-electron chi connectivity index (χ3n) is 3.95. The number of hydrogen-bond donors (Lipinski definition) is 0. The highest BCUT2D eigenvalue weighted by molar-refractivity contribution is 7.11.